The minimum atomic E-state index is -0.517. The van der Waals surface area contributed by atoms with E-state index in [1.54, 1.807) is 0 Å². The van der Waals surface area contributed by atoms with E-state index in [1.165, 1.54) is 0 Å². The molecule has 2 N–H and O–H groups in total. The lowest BCUT2D eigenvalue weighted by Gasteiger charge is -2.21. The molecule has 0 saturated heterocycles. The van der Waals surface area contributed by atoms with E-state index in [0.717, 1.165) is 12.0 Å². The Hall–Kier alpha value is -2.01. The van der Waals surface area contributed by atoms with E-state index in [9.17, 15) is 4.79 Å². The molecule has 0 bridgehead atoms. The third-order valence-corrected chi connectivity index (χ3v) is 2.92. The quantitative estimate of drug-likeness (QED) is 0.541. The van der Waals surface area contributed by atoms with Gasteiger partial charge in [-0.1, -0.05) is 78.8 Å². The van der Waals surface area contributed by atoms with E-state index in [4.69, 9.17) is 14.6 Å². The molecule has 0 aliphatic carbocycles. The molecule has 0 radical (unpaired) electrons. The van der Waals surface area contributed by atoms with Gasteiger partial charge in [0.05, 0.1) is 12.6 Å². The summed E-state index contributed by atoms with van der Waals surface area (Å²) in [6.45, 7) is 19.7. The van der Waals surface area contributed by atoms with Crippen molar-refractivity contribution in [3.63, 3.8) is 0 Å². The summed E-state index contributed by atoms with van der Waals surface area (Å²) >= 11 is 0. The molecule has 1 atom stereocenters. The highest BCUT2D eigenvalue weighted by atomic mass is 16.6. The van der Waals surface area contributed by atoms with Crippen LogP contribution in [0.2, 0.25) is 0 Å². The first-order valence-corrected chi connectivity index (χ1v) is 10.9. The van der Waals surface area contributed by atoms with E-state index in [2.05, 4.69) is 5.32 Å². The molecule has 29 heavy (non-hydrogen) atoms. The maximum Gasteiger partial charge on any atom is 0.408 e. The summed E-state index contributed by atoms with van der Waals surface area (Å²) in [5.74, 6) is 0.699. The predicted octanol–water partition coefficient (Wildman–Crippen LogP) is 6.45. The maximum absolute atomic E-state index is 11.8. The molecule has 0 saturated carbocycles. The SMILES string of the molecule is CC.CC.CC.CCC(/C=C/c1ccccc1OCCO)NC(=O)OC(C)(C)C. The molecule has 0 fully saturated rings. The number of alkyl carbamates (subject to hydrolysis) is 1. The molecule has 1 rings (SSSR count). The van der Waals surface area contributed by atoms with Crippen LogP contribution in [0.3, 0.4) is 0 Å². The van der Waals surface area contributed by atoms with Crippen LogP contribution in [-0.2, 0) is 4.74 Å². The van der Waals surface area contributed by atoms with Crippen LogP contribution in [0.4, 0.5) is 4.79 Å². The first kappa shape index (κ1) is 31.7. The summed E-state index contributed by atoms with van der Waals surface area (Å²) in [4.78, 5) is 11.8. The fraction of sp³-hybridized carbons (Fsp3) is 0.625. The molecule has 1 aromatic carbocycles. The fourth-order valence-corrected chi connectivity index (χ4v) is 1.87. The van der Waals surface area contributed by atoms with Crippen LogP contribution in [0.25, 0.3) is 6.08 Å². The lowest BCUT2D eigenvalue weighted by Crippen LogP contribution is -2.37. The van der Waals surface area contributed by atoms with Crippen molar-refractivity contribution < 1.29 is 19.4 Å². The molecule has 1 aromatic rings. The van der Waals surface area contributed by atoms with Gasteiger partial charge in [-0.2, -0.15) is 0 Å². The molecule has 0 aromatic heterocycles. The number of aliphatic hydroxyl groups is 1. The number of rotatable bonds is 7. The second-order valence-electron chi connectivity index (χ2n) is 6.13. The highest BCUT2D eigenvalue weighted by Crippen LogP contribution is 2.20. The number of benzene rings is 1. The van der Waals surface area contributed by atoms with Crippen molar-refractivity contribution in [1.29, 1.82) is 0 Å². The average molecular weight is 412 g/mol. The highest BCUT2D eigenvalue weighted by molar-refractivity contribution is 5.69. The third kappa shape index (κ3) is 17.8. The number of aliphatic hydroxyl groups excluding tert-OH is 1. The smallest absolute Gasteiger partial charge is 0.408 e. The number of hydrogen-bond donors (Lipinski definition) is 2. The molecule has 0 spiro atoms. The second kappa shape index (κ2) is 20.7. The van der Waals surface area contributed by atoms with Crippen LogP contribution in [0.5, 0.6) is 5.75 Å². The van der Waals surface area contributed by atoms with E-state index in [-0.39, 0.29) is 19.3 Å². The van der Waals surface area contributed by atoms with Gasteiger partial charge in [-0.3, -0.25) is 0 Å². The van der Waals surface area contributed by atoms with E-state index in [1.807, 2.05) is 106 Å². The maximum atomic E-state index is 11.8. The Kier molecular flexibility index (Phi) is 22.6. The highest BCUT2D eigenvalue weighted by Gasteiger charge is 2.17. The molecule has 1 amide bonds. The van der Waals surface area contributed by atoms with Crippen molar-refractivity contribution >= 4 is 12.2 Å². The Morgan fingerprint density at radius 3 is 2.14 bits per heavy atom. The number of amides is 1. The second-order valence-corrected chi connectivity index (χ2v) is 6.13. The Morgan fingerprint density at radius 1 is 1.10 bits per heavy atom. The zero-order valence-electron chi connectivity index (χ0n) is 20.3. The standard InChI is InChI=1S/C18H27NO4.3C2H6/c1-5-15(19-17(21)23-18(2,3)4)11-10-14-8-6-7-9-16(14)22-13-12-20;3*1-2/h6-11,15,20H,5,12-13H2,1-4H3,(H,19,21);3*1-2H3/b11-10+;;;. The lowest BCUT2D eigenvalue weighted by atomic mass is 10.1. The van der Waals surface area contributed by atoms with Crippen molar-refractivity contribution in [1.82, 2.24) is 5.32 Å². The van der Waals surface area contributed by atoms with Crippen LogP contribution >= 0.6 is 0 Å². The number of hydrogen-bond acceptors (Lipinski definition) is 4. The summed E-state index contributed by atoms with van der Waals surface area (Å²) in [6.07, 6.45) is 4.12. The van der Waals surface area contributed by atoms with Crippen LogP contribution in [0.15, 0.2) is 30.3 Å². The summed E-state index contributed by atoms with van der Waals surface area (Å²) < 4.78 is 10.7. The molecular formula is C24H45NO4. The first-order valence-electron chi connectivity index (χ1n) is 10.9. The summed E-state index contributed by atoms with van der Waals surface area (Å²) in [6, 6.07) is 7.42. The molecular weight excluding hydrogens is 366 g/mol. The largest absolute Gasteiger partial charge is 0.491 e. The van der Waals surface area contributed by atoms with Gasteiger partial charge in [0.15, 0.2) is 0 Å². The monoisotopic (exact) mass is 411 g/mol. The predicted molar refractivity (Wildman–Crippen MR) is 126 cm³/mol. The first-order chi connectivity index (χ1) is 13.9. The van der Waals surface area contributed by atoms with Crippen molar-refractivity contribution in [3.8, 4) is 5.75 Å². The van der Waals surface area contributed by atoms with Crippen LogP contribution in [-0.4, -0.2) is 36.1 Å². The van der Waals surface area contributed by atoms with Gasteiger partial charge in [-0.05, 0) is 33.3 Å². The van der Waals surface area contributed by atoms with Crippen molar-refractivity contribution in [3.05, 3.63) is 35.9 Å². The van der Waals surface area contributed by atoms with Gasteiger partial charge < -0.3 is 19.9 Å². The van der Waals surface area contributed by atoms with Gasteiger partial charge in [-0.15, -0.1) is 0 Å². The van der Waals surface area contributed by atoms with Crippen LogP contribution in [0.1, 0.15) is 81.2 Å². The Bertz CT molecular complexity index is 522. The van der Waals surface area contributed by atoms with Crippen molar-refractivity contribution in [2.75, 3.05) is 13.2 Å². The van der Waals surface area contributed by atoms with Gasteiger partial charge in [0.1, 0.15) is 18.0 Å². The average Bonchev–Trinajstić information content (AvgIpc) is 2.73. The van der Waals surface area contributed by atoms with E-state index < -0.39 is 11.7 Å². The molecule has 5 nitrogen and oxygen atoms in total. The Balaban J connectivity index is -0.00000103. The Morgan fingerprint density at radius 2 is 1.66 bits per heavy atom. The normalized spacial score (nSPS) is 10.9. The zero-order valence-corrected chi connectivity index (χ0v) is 20.3. The number of nitrogens with one attached hydrogen (secondary N) is 1. The fourth-order valence-electron chi connectivity index (χ4n) is 1.87. The van der Waals surface area contributed by atoms with Gasteiger partial charge in [0.25, 0.3) is 0 Å². The molecule has 1 unspecified atom stereocenters. The van der Waals surface area contributed by atoms with Crippen LogP contribution in [0, 0.1) is 0 Å². The topological polar surface area (TPSA) is 67.8 Å². The van der Waals surface area contributed by atoms with Gasteiger partial charge >= 0.3 is 6.09 Å². The lowest BCUT2D eigenvalue weighted by molar-refractivity contribution is 0.0513. The van der Waals surface area contributed by atoms with Crippen molar-refractivity contribution in [2.45, 2.75) is 87.3 Å². The number of carbonyl (C=O) groups excluding carboxylic acids is 1. The van der Waals surface area contributed by atoms with E-state index >= 15 is 0 Å². The molecule has 5 heteroatoms. The summed E-state index contributed by atoms with van der Waals surface area (Å²) in [5.41, 5.74) is 0.377. The summed E-state index contributed by atoms with van der Waals surface area (Å²) in [7, 11) is 0. The zero-order chi connectivity index (χ0) is 23.3. The van der Waals surface area contributed by atoms with Gasteiger partial charge in [0.2, 0.25) is 0 Å². The Labute approximate surface area is 179 Å². The minimum absolute atomic E-state index is 0.0319. The number of para-hydroxylation sites is 1. The van der Waals surface area contributed by atoms with Gasteiger partial charge in [-0.25, -0.2) is 4.79 Å². The molecule has 0 aliphatic heterocycles. The third-order valence-electron chi connectivity index (χ3n) is 2.92. The minimum Gasteiger partial charge on any atom is -0.491 e. The molecule has 0 aliphatic rings. The summed E-state index contributed by atoms with van der Waals surface area (Å²) in [5, 5.41) is 11.7. The molecule has 0 heterocycles. The number of carbonyl (C=O) groups is 1. The van der Waals surface area contributed by atoms with E-state index in [0.29, 0.717) is 5.75 Å². The van der Waals surface area contributed by atoms with Gasteiger partial charge in [0, 0.05) is 5.56 Å². The number of ether oxygens (including phenoxy) is 2. The van der Waals surface area contributed by atoms with Crippen LogP contribution < -0.4 is 10.1 Å². The van der Waals surface area contributed by atoms with Crippen molar-refractivity contribution in [2.24, 2.45) is 0 Å². The molecule has 170 valence electrons.